The van der Waals surface area contributed by atoms with Gasteiger partial charge in [0.25, 0.3) is 0 Å². The Hall–Kier alpha value is -1.57. The van der Waals surface area contributed by atoms with Gasteiger partial charge in [0.05, 0.1) is 17.1 Å². The van der Waals surface area contributed by atoms with Gasteiger partial charge in [-0.3, -0.25) is 4.99 Å². The molecule has 66 valence electrons. The molecule has 1 aliphatic heterocycles. The Kier molecular flexibility index (Phi) is 1.69. The van der Waals surface area contributed by atoms with Crippen molar-refractivity contribution in [3.63, 3.8) is 0 Å². The molecular weight excluding hydrogens is 160 g/mol. The van der Waals surface area contributed by atoms with Crippen molar-refractivity contribution in [1.82, 2.24) is 0 Å². The predicted octanol–water partition coefficient (Wildman–Crippen LogP) is 2.07. The Balaban J connectivity index is 2.67. The summed E-state index contributed by atoms with van der Waals surface area (Å²) in [5.74, 6) is 0. The molecule has 0 amide bonds. The summed E-state index contributed by atoms with van der Waals surface area (Å²) in [6.45, 7) is 4.00. The summed E-state index contributed by atoms with van der Waals surface area (Å²) in [4.78, 5) is 6.30. The highest BCUT2D eigenvalue weighted by atomic mass is 15.1. The van der Waals surface area contributed by atoms with Crippen LogP contribution in [0, 0.1) is 0 Å². The summed E-state index contributed by atoms with van der Waals surface area (Å²) in [7, 11) is 3.82. The van der Waals surface area contributed by atoms with Crippen molar-refractivity contribution in [1.29, 1.82) is 0 Å². The molecule has 0 aromatic heterocycles. The van der Waals surface area contributed by atoms with Crippen LogP contribution in [-0.2, 0) is 0 Å². The maximum absolute atomic E-state index is 4.24. The van der Waals surface area contributed by atoms with Crippen molar-refractivity contribution in [2.75, 3.05) is 19.0 Å². The molecular formula is C11H12N2. The first-order chi connectivity index (χ1) is 6.25. The van der Waals surface area contributed by atoms with E-state index in [0.29, 0.717) is 0 Å². The molecule has 13 heavy (non-hydrogen) atoms. The summed E-state index contributed by atoms with van der Waals surface area (Å²) in [6, 6.07) is 8.21. The van der Waals surface area contributed by atoms with E-state index in [0.717, 1.165) is 11.4 Å². The van der Waals surface area contributed by atoms with E-state index in [1.54, 1.807) is 7.05 Å². The van der Waals surface area contributed by atoms with Gasteiger partial charge in [-0.15, -0.1) is 0 Å². The molecule has 0 bridgehead atoms. The van der Waals surface area contributed by atoms with Gasteiger partial charge in [0.2, 0.25) is 0 Å². The number of likely N-dealkylation sites (N-methyl/N-ethyl adjacent to an activating group) is 1. The number of anilines is 1. The zero-order valence-corrected chi connectivity index (χ0v) is 7.91. The number of benzene rings is 1. The lowest BCUT2D eigenvalue weighted by molar-refractivity contribution is 1.19. The van der Waals surface area contributed by atoms with Crippen LogP contribution in [0.5, 0.6) is 0 Å². The highest BCUT2D eigenvalue weighted by molar-refractivity contribution is 6.21. The van der Waals surface area contributed by atoms with Gasteiger partial charge in [0.15, 0.2) is 0 Å². The maximum atomic E-state index is 4.24. The summed E-state index contributed by atoms with van der Waals surface area (Å²) >= 11 is 0. The molecule has 0 saturated heterocycles. The molecule has 0 fully saturated rings. The Morgan fingerprint density at radius 2 is 2.00 bits per heavy atom. The van der Waals surface area contributed by atoms with Crippen molar-refractivity contribution in [2.24, 2.45) is 4.99 Å². The van der Waals surface area contributed by atoms with Crippen LogP contribution < -0.4 is 4.90 Å². The Labute approximate surface area is 78.2 Å². The summed E-state index contributed by atoms with van der Waals surface area (Å²) < 4.78 is 0. The van der Waals surface area contributed by atoms with Crippen molar-refractivity contribution >= 4 is 11.4 Å². The highest BCUT2D eigenvalue weighted by Gasteiger charge is 2.24. The lowest BCUT2D eigenvalue weighted by atomic mass is 10.1. The van der Waals surface area contributed by atoms with Crippen LogP contribution in [0.25, 0.3) is 0 Å². The number of rotatable bonds is 0. The van der Waals surface area contributed by atoms with Crippen molar-refractivity contribution in [2.45, 2.75) is 0 Å². The molecule has 0 aliphatic carbocycles. The molecule has 0 unspecified atom stereocenters. The van der Waals surface area contributed by atoms with E-state index < -0.39 is 0 Å². The minimum absolute atomic E-state index is 0.976. The summed E-state index contributed by atoms with van der Waals surface area (Å²) in [5, 5.41) is 0. The van der Waals surface area contributed by atoms with Crippen molar-refractivity contribution < 1.29 is 0 Å². The first kappa shape index (κ1) is 8.05. The molecule has 0 saturated carbocycles. The molecule has 1 aromatic carbocycles. The minimum atomic E-state index is 0.976. The van der Waals surface area contributed by atoms with Crippen LogP contribution in [0.2, 0.25) is 0 Å². The molecule has 0 spiro atoms. The zero-order chi connectivity index (χ0) is 9.42. The van der Waals surface area contributed by atoms with Crippen LogP contribution in [0.4, 0.5) is 5.69 Å². The van der Waals surface area contributed by atoms with Crippen LogP contribution in [0.1, 0.15) is 5.56 Å². The number of nitrogens with zero attached hydrogens (tertiary/aromatic N) is 2. The average molecular weight is 172 g/mol. The molecule has 0 N–H and O–H groups in total. The van der Waals surface area contributed by atoms with Gasteiger partial charge in [-0.2, -0.15) is 0 Å². The molecule has 1 heterocycles. The normalized spacial score (nSPS) is 18.2. The van der Waals surface area contributed by atoms with Gasteiger partial charge in [-0.1, -0.05) is 24.8 Å². The third kappa shape index (κ3) is 0.985. The number of aliphatic imine (C=N–C) groups is 1. The quantitative estimate of drug-likeness (QED) is 0.585. The van der Waals surface area contributed by atoms with Gasteiger partial charge >= 0.3 is 0 Å². The number of hydrogen-bond donors (Lipinski definition) is 0. The second-order valence-corrected chi connectivity index (χ2v) is 3.10. The van der Waals surface area contributed by atoms with Gasteiger partial charge in [-0.05, 0) is 6.07 Å². The van der Waals surface area contributed by atoms with Crippen LogP contribution in [-0.4, -0.2) is 19.8 Å². The third-order valence-corrected chi connectivity index (χ3v) is 2.42. The molecule has 2 rings (SSSR count). The smallest absolute Gasteiger partial charge is 0.0894 e. The monoisotopic (exact) mass is 172 g/mol. The van der Waals surface area contributed by atoms with E-state index in [2.05, 4.69) is 28.6 Å². The average Bonchev–Trinajstić information content (AvgIpc) is 2.41. The van der Waals surface area contributed by atoms with Gasteiger partial charge in [-0.25, -0.2) is 0 Å². The predicted molar refractivity (Wildman–Crippen MR) is 56.4 cm³/mol. The first-order valence-corrected chi connectivity index (χ1v) is 4.25. The number of hydrogen-bond acceptors (Lipinski definition) is 2. The minimum Gasteiger partial charge on any atom is -0.343 e. The molecule has 1 aliphatic rings. The van der Waals surface area contributed by atoms with Crippen molar-refractivity contribution in [3.8, 4) is 0 Å². The van der Waals surface area contributed by atoms with Crippen LogP contribution in [0.15, 0.2) is 41.5 Å². The molecule has 0 atom stereocenters. The molecule has 2 nitrogen and oxygen atoms in total. The third-order valence-electron chi connectivity index (χ3n) is 2.42. The second kappa shape index (κ2) is 2.73. The van der Waals surface area contributed by atoms with Gasteiger partial charge in [0.1, 0.15) is 0 Å². The Morgan fingerprint density at radius 3 is 2.69 bits per heavy atom. The van der Waals surface area contributed by atoms with E-state index in [1.807, 2.05) is 19.2 Å². The van der Waals surface area contributed by atoms with E-state index >= 15 is 0 Å². The van der Waals surface area contributed by atoms with E-state index in [-0.39, 0.29) is 0 Å². The second-order valence-electron chi connectivity index (χ2n) is 3.10. The van der Waals surface area contributed by atoms with E-state index in [1.165, 1.54) is 11.3 Å². The standard InChI is InChI=1S/C11H12N2/c1-8-11(12-2)9-6-4-5-7-10(9)13(8)3/h4-7H,1H2,2-3H3. The van der Waals surface area contributed by atoms with Gasteiger partial charge < -0.3 is 4.90 Å². The zero-order valence-electron chi connectivity index (χ0n) is 7.91. The molecule has 2 heteroatoms. The molecule has 1 aromatic rings. The van der Waals surface area contributed by atoms with Crippen LogP contribution >= 0.6 is 0 Å². The van der Waals surface area contributed by atoms with Crippen molar-refractivity contribution in [3.05, 3.63) is 42.1 Å². The number of para-hydroxylation sites is 1. The Bertz CT molecular complexity index is 391. The number of allylic oxidation sites excluding steroid dienone is 1. The summed E-state index contributed by atoms with van der Waals surface area (Å²) in [5.41, 5.74) is 4.34. The lowest BCUT2D eigenvalue weighted by Crippen LogP contribution is -2.12. The van der Waals surface area contributed by atoms with Gasteiger partial charge in [0, 0.05) is 19.7 Å². The van der Waals surface area contributed by atoms with E-state index in [4.69, 9.17) is 0 Å². The lowest BCUT2D eigenvalue weighted by Gasteiger charge is -2.11. The SMILES string of the molecule is C=C1C(=NC)c2ccccc2N1C. The Morgan fingerprint density at radius 1 is 1.31 bits per heavy atom. The summed E-state index contributed by atoms with van der Waals surface area (Å²) in [6.07, 6.45) is 0. The maximum Gasteiger partial charge on any atom is 0.0894 e. The highest BCUT2D eigenvalue weighted by Crippen LogP contribution is 2.32. The molecule has 0 radical (unpaired) electrons. The largest absolute Gasteiger partial charge is 0.343 e. The fraction of sp³-hybridized carbons (Fsp3) is 0.182. The van der Waals surface area contributed by atoms with E-state index in [9.17, 15) is 0 Å². The number of fused-ring (bicyclic) bond motifs is 1. The fourth-order valence-corrected chi connectivity index (χ4v) is 1.68. The topological polar surface area (TPSA) is 15.6 Å². The fourth-order valence-electron chi connectivity index (χ4n) is 1.68. The van der Waals surface area contributed by atoms with Crippen LogP contribution in [0.3, 0.4) is 0 Å². The first-order valence-electron chi connectivity index (χ1n) is 4.25.